The van der Waals surface area contributed by atoms with Crippen LogP contribution in [0, 0.1) is 0 Å². The lowest BCUT2D eigenvalue weighted by Gasteiger charge is -2.30. The van der Waals surface area contributed by atoms with Crippen molar-refractivity contribution in [2.45, 2.75) is 31.8 Å². The molecule has 1 fully saturated rings. The average Bonchev–Trinajstić information content (AvgIpc) is 3.24. The summed E-state index contributed by atoms with van der Waals surface area (Å²) in [5.41, 5.74) is 0.949. The predicted molar refractivity (Wildman–Crippen MR) is 107 cm³/mol. The van der Waals surface area contributed by atoms with Crippen molar-refractivity contribution in [3.8, 4) is 0 Å². The number of likely N-dealkylation sites (tertiary alicyclic amines) is 1. The van der Waals surface area contributed by atoms with Crippen LogP contribution >= 0.6 is 35.2 Å². The maximum absolute atomic E-state index is 5.93. The molecule has 0 spiro atoms. The third kappa shape index (κ3) is 4.48. The van der Waals surface area contributed by atoms with Crippen molar-refractivity contribution >= 4 is 46.0 Å². The quantitative estimate of drug-likeness (QED) is 0.693. The second-order valence-corrected chi connectivity index (χ2v) is 8.08. The topological polar surface area (TPSA) is 28.5 Å². The van der Waals surface area contributed by atoms with Crippen molar-refractivity contribution in [1.29, 1.82) is 0 Å². The maximum atomic E-state index is 5.93. The van der Waals surface area contributed by atoms with E-state index >= 15 is 0 Å². The van der Waals surface area contributed by atoms with Gasteiger partial charge < -0.3 is 15.5 Å². The van der Waals surface area contributed by atoms with Crippen molar-refractivity contribution in [3.05, 3.63) is 51.7 Å². The number of hydrogen-bond acceptors (Lipinski definition) is 2. The standard InChI is InChI=1S/C18H22ClN3S2/c1-13(20-18(23)21-15-8-6-14(19)7-9-15)17(16-5-4-12-24-16)22-10-2-3-11-22/h4-9,12-13,17H,2-3,10-11H2,1H3,(H2,20,21,23)/p+1/t13-,17-/m1/s1. The Kier molecular flexibility index (Phi) is 6.11. The van der Waals surface area contributed by atoms with Crippen molar-refractivity contribution in [3.63, 3.8) is 0 Å². The van der Waals surface area contributed by atoms with Crippen LogP contribution in [0.15, 0.2) is 41.8 Å². The van der Waals surface area contributed by atoms with Gasteiger partial charge in [0, 0.05) is 23.6 Å². The van der Waals surface area contributed by atoms with Crippen molar-refractivity contribution < 1.29 is 4.90 Å². The largest absolute Gasteiger partial charge is 0.354 e. The third-order valence-corrected chi connectivity index (χ3v) is 5.92. The number of anilines is 1. The summed E-state index contributed by atoms with van der Waals surface area (Å²) in [7, 11) is 0. The molecule has 6 heteroatoms. The molecular formula is C18H23ClN3S2+. The summed E-state index contributed by atoms with van der Waals surface area (Å²) in [6, 6.07) is 12.7. The fraction of sp³-hybridized carbons (Fsp3) is 0.389. The number of benzene rings is 1. The Morgan fingerprint density at radius 3 is 2.54 bits per heavy atom. The van der Waals surface area contributed by atoms with Crippen molar-refractivity contribution in [2.75, 3.05) is 18.4 Å². The molecule has 2 heterocycles. The average molecular weight is 381 g/mol. The molecule has 1 saturated heterocycles. The lowest BCUT2D eigenvalue weighted by Crippen LogP contribution is -3.11. The third-order valence-electron chi connectivity index (χ3n) is 4.50. The number of rotatable bonds is 5. The number of nitrogens with one attached hydrogen (secondary N) is 3. The van der Waals surface area contributed by atoms with E-state index in [9.17, 15) is 0 Å². The molecule has 3 N–H and O–H groups in total. The fourth-order valence-corrected chi connectivity index (χ4v) is 4.82. The van der Waals surface area contributed by atoms with Gasteiger partial charge in [0.1, 0.15) is 6.04 Å². The Labute approximate surface area is 158 Å². The Balaban J connectivity index is 1.65. The zero-order valence-electron chi connectivity index (χ0n) is 13.7. The van der Waals surface area contributed by atoms with Crippen LogP contribution in [-0.2, 0) is 0 Å². The molecule has 3 rings (SSSR count). The smallest absolute Gasteiger partial charge is 0.171 e. The minimum atomic E-state index is 0.268. The van der Waals surface area contributed by atoms with Gasteiger partial charge in [-0.05, 0) is 54.9 Å². The Hall–Kier alpha value is -1.14. The number of halogens is 1. The molecule has 1 aromatic heterocycles. The summed E-state index contributed by atoms with van der Waals surface area (Å²) in [5.74, 6) is 0. The van der Waals surface area contributed by atoms with Crippen LogP contribution in [-0.4, -0.2) is 24.2 Å². The molecule has 0 unspecified atom stereocenters. The number of quaternary nitrogens is 1. The first kappa shape index (κ1) is 17.7. The molecular weight excluding hydrogens is 358 g/mol. The van der Waals surface area contributed by atoms with Crippen LogP contribution in [0.5, 0.6) is 0 Å². The highest BCUT2D eigenvalue weighted by molar-refractivity contribution is 7.80. The summed E-state index contributed by atoms with van der Waals surface area (Å²) >= 11 is 13.3. The summed E-state index contributed by atoms with van der Waals surface area (Å²) in [4.78, 5) is 3.09. The van der Waals surface area contributed by atoms with E-state index in [-0.39, 0.29) is 6.04 Å². The van der Waals surface area contributed by atoms with E-state index in [1.165, 1.54) is 30.8 Å². The van der Waals surface area contributed by atoms with Gasteiger partial charge >= 0.3 is 0 Å². The molecule has 0 radical (unpaired) electrons. The molecule has 1 aliphatic heterocycles. The highest BCUT2D eigenvalue weighted by Crippen LogP contribution is 2.21. The first-order chi connectivity index (χ1) is 11.6. The van der Waals surface area contributed by atoms with Crippen molar-refractivity contribution in [1.82, 2.24) is 5.32 Å². The van der Waals surface area contributed by atoms with Gasteiger partial charge in [0.15, 0.2) is 5.11 Å². The normalized spacial score (nSPS) is 17.4. The maximum Gasteiger partial charge on any atom is 0.171 e. The highest BCUT2D eigenvalue weighted by atomic mass is 35.5. The second-order valence-electron chi connectivity index (χ2n) is 6.25. The molecule has 1 aromatic carbocycles. The first-order valence-electron chi connectivity index (χ1n) is 8.34. The Morgan fingerprint density at radius 1 is 1.21 bits per heavy atom. The van der Waals surface area contributed by atoms with E-state index in [0.29, 0.717) is 11.2 Å². The van der Waals surface area contributed by atoms with E-state index in [2.05, 4.69) is 35.1 Å². The van der Waals surface area contributed by atoms with E-state index < -0.39 is 0 Å². The molecule has 2 aromatic rings. The molecule has 1 aliphatic rings. The van der Waals surface area contributed by atoms with Gasteiger partial charge in [-0.3, -0.25) is 0 Å². The highest BCUT2D eigenvalue weighted by Gasteiger charge is 2.33. The van der Waals surface area contributed by atoms with Gasteiger partial charge in [-0.2, -0.15) is 0 Å². The van der Waals surface area contributed by atoms with E-state index in [1.54, 1.807) is 4.90 Å². The Morgan fingerprint density at radius 2 is 1.92 bits per heavy atom. The van der Waals surface area contributed by atoms with Crippen LogP contribution in [0.1, 0.15) is 30.7 Å². The SMILES string of the molecule is C[C@@H](NC(=S)Nc1ccc(Cl)cc1)[C@H](c1cccs1)[NH+]1CCCC1. The summed E-state index contributed by atoms with van der Waals surface area (Å²) in [6.07, 6.45) is 2.63. The molecule has 2 atom stereocenters. The molecule has 0 bridgehead atoms. The monoisotopic (exact) mass is 380 g/mol. The number of thiocarbonyl (C=S) groups is 1. The number of hydrogen-bond donors (Lipinski definition) is 3. The van der Waals surface area contributed by atoms with Gasteiger partial charge in [-0.25, -0.2) is 0 Å². The van der Waals surface area contributed by atoms with Crippen LogP contribution in [0.3, 0.4) is 0 Å². The lowest BCUT2D eigenvalue weighted by molar-refractivity contribution is -0.920. The second kappa shape index (κ2) is 8.30. The number of thiophene rings is 1. The zero-order chi connectivity index (χ0) is 16.9. The minimum Gasteiger partial charge on any atom is -0.354 e. The summed E-state index contributed by atoms with van der Waals surface area (Å²) in [6.45, 7) is 4.71. The molecule has 128 valence electrons. The van der Waals surface area contributed by atoms with Gasteiger partial charge in [-0.1, -0.05) is 17.7 Å². The van der Waals surface area contributed by atoms with Crippen molar-refractivity contribution in [2.24, 2.45) is 0 Å². The van der Waals surface area contributed by atoms with Crippen LogP contribution in [0.2, 0.25) is 5.02 Å². The van der Waals surface area contributed by atoms with Gasteiger partial charge in [0.25, 0.3) is 0 Å². The van der Waals surface area contributed by atoms with Gasteiger partial charge in [0.05, 0.1) is 24.0 Å². The fourth-order valence-electron chi connectivity index (χ4n) is 3.40. The molecule has 0 saturated carbocycles. The summed E-state index contributed by atoms with van der Waals surface area (Å²) in [5, 5.41) is 10.3. The van der Waals surface area contributed by atoms with E-state index in [1.807, 2.05) is 35.6 Å². The summed E-state index contributed by atoms with van der Waals surface area (Å²) < 4.78 is 0. The molecule has 3 nitrogen and oxygen atoms in total. The zero-order valence-corrected chi connectivity index (χ0v) is 16.1. The van der Waals surface area contributed by atoms with Gasteiger partial charge in [0.2, 0.25) is 0 Å². The minimum absolute atomic E-state index is 0.268. The van der Waals surface area contributed by atoms with Crippen LogP contribution in [0.4, 0.5) is 5.69 Å². The van der Waals surface area contributed by atoms with E-state index in [0.717, 1.165) is 10.7 Å². The first-order valence-corrected chi connectivity index (χ1v) is 10.0. The predicted octanol–water partition coefficient (Wildman–Crippen LogP) is 3.50. The van der Waals surface area contributed by atoms with Gasteiger partial charge in [-0.15, -0.1) is 11.3 Å². The van der Waals surface area contributed by atoms with Crippen LogP contribution < -0.4 is 15.5 Å². The molecule has 0 aliphatic carbocycles. The molecule has 0 amide bonds. The van der Waals surface area contributed by atoms with E-state index in [4.69, 9.17) is 23.8 Å². The Bertz CT molecular complexity index is 651. The lowest BCUT2D eigenvalue weighted by atomic mass is 10.1. The molecule has 24 heavy (non-hydrogen) atoms. The van der Waals surface area contributed by atoms with Crippen LogP contribution in [0.25, 0.3) is 0 Å².